The minimum atomic E-state index is -0.807. The van der Waals surface area contributed by atoms with Crippen LogP contribution in [0.4, 0.5) is 0 Å². The summed E-state index contributed by atoms with van der Waals surface area (Å²) in [6, 6.07) is 0. The zero-order valence-electron chi connectivity index (χ0n) is 45.3. The highest BCUT2D eigenvalue weighted by Crippen LogP contribution is 2.14. The van der Waals surface area contributed by atoms with Crippen molar-refractivity contribution in [1.82, 2.24) is 0 Å². The highest BCUT2D eigenvalue weighted by Gasteiger charge is 2.19. The second-order valence-electron chi connectivity index (χ2n) is 19.2. The fourth-order valence-corrected chi connectivity index (χ4v) is 8.01. The Morgan fingerprint density at radius 1 is 0.319 bits per heavy atom. The molecule has 0 amide bonds. The van der Waals surface area contributed by atoms with Crippen molar-refractivity contribution in [3.8, 4) is 0 Å². The van der Waals surface area contributed by atoms with Gasteiger partial charge in [-0.2, -0.15) is 0 Å². The van der Waals surface area contributed by atoms with Crippen molar-refractivity contribution < 1.29 is 28.6 Å². The lowest BCUT2D eigenvalue weighted by molar-refractivity contribution is -0.167. The molecule has 0 fully saturated rings. The lowest BCUT2D eigenvalue weighted by Crippen LogP contribution is -2.30. The number of carbonyl (C=O) groups excluding carboxylic acids is 3. The molecule has 0 bridgehead atoms. The van der Waals surface area contributed by atoms with Crippen LogP contribution in [0.2, 0.25) is 0 Å². The van der Waals surface area contributed by atoms with Crippen LogP contribution in [0.3, 0.4) is 0 Å². The number of unbranched alkanes of at least 4 members (excludes halogenated alkanes) is 28. The Morgan fingerprint density at radius 2 is 0.609 bits per heavy atom. The van der Waals surface area contributed by atoms with E-state index in [-0.39, 0.29) is 37.5 Å². The molecular formula is C63H108O6. The summed E-state index contributed by atoms with van der Waals surface area (Å²) in [5.74, 6) is -0.957. The first-order valence-electron chi connectivity index (χ1n) is 29.1. The normalized spacial score (nSPS) is 12.7. The third-order valence-electron chi connectivity index (χ3n) is 12.4. The van der Waals surface area contributed by atoms with Gasteiger partial charge in [0.15, 0.2) is 6.10 Å². The van der Waals surface area contributed by atoms with Gasteiger partial charge in [-0.25, -0.2) is 0 Å². The first kappa shape index (κ1) is 65.6. The van der Waals surface area contributed by atoms with Gasteiger partial charge < -0.3 is 14.2 Å². The Kier molecular flexibility index (Phi) is 54.3. The second-order valence-corrected chi connectivity index (χ2v) is 19.2. The van der Waals surface area contributed by atoms with Crippen molar-refractivity contribution in [2.24, 2.45) is 0 Å². The molecule has 396 valence electrons. The molecule has 0 aliphatic heterocycles. The first-order valence-corrected chi connectivity index (χ1v) is 29.1. The molecule has 6 nitrogen and oxygen atoms in total. The van der Waals surface area contributed by atoms with Gasteiger partial charge >= 0.3 is 17.9 Å². The molecule has 0 aliphatic carbocycles. The number of rotatable bonds is 52. The number of carbonyl (C=O) groups is 3. The van der Waals surface area contributed by atoms with E-state index in [4.69, 9.17) is 14.2 Å². The minimum Gasteiger partial charge on any atom is -0.462 e. The van der Waals surface area contributed by atoms with Gasteiger partial charge in [-0.3, -0.25) is 14.4 Å². The van der Waals surface area contributed by atoms with Crippen molar-refractivity contribution in [3.05, 3.63) is 85.1 Å². The lowest BCUT2D eigenvalue weighted by atomic mass is 10.1. The zero-order valence-corrected chi connectivity index (χ0v) is 45.3. The number of esters is 3. The maximum absolute atomic E-state index is 12.8. The van der Waals surface area contributed by atoms with E-state index in [9.17, 15) is 14.4 Å². The summed E-state index contributed by atoms with van der Waals surface area (Å²) < 4.78 is 16.8. The highest BCUT2D eigenvalue weighted by molar-refractivity contribution is 5.71. The maximum atomic E-state index is 12.8. The molecule has 0 saturated carbocycles. The number of ether oxygens (including phenoxy) is 3. The molecule has 0 aromatic heterocycles. The highest BCUT2D eigenvalue weighted by atomic mass is 16.6. The van der Waals surface area contributed by atoms with E-state index >= 15 is 0 Å². The van der Waals surface area contributed by atoms with Crippen LogP contribution in [0, 0.1) is 0 Å². The quantitative estimate of drug-likeness (QED) is 0.0199. The molecule has 0 rings (SSSR count). The van der Waals surface area contributed by atoms with Crippen molar-refractivity contribution in [3.63, 3.8) is 0 Å². The van der Waals surface area contributed by atoms with Crippen LogP contribution >= 0.6 is 0 Å². The Hall–Kier alpha value is -3.41. The minimum absolute atomic E-state index is 0.100. The summed E-state index contributed by atoms with van der Waals surface area (Å²) in [5.41, 5.74) is 0. The molecule has 1 unspecified atom stereocenters. The van der Waals surface area contributed by atoms with Gasteiger partial charge in [-0.1, -0.05) is 234 Å². The molecule has 6 heteroatoms. The van der Waals surface area contributed by atoms with Gasteiger partial charge in [0, 0.05) is 19.3 Å². The Balaban J connectivity index is 4.46. The van der Waals surface area contributed by atoms with Crippen LogP contribution < -0.4 is 0 Å². The third-order valence-corrected chi connectivity index (χ3v) is 12.4. The van der Waals surface area contributed by atoms with Gasteiger partial charge in [0.2, 0.25) is 0 Å². The van der Waals surface area contributed by atoms with Crippen molar-refractivity contribution in [1.29, 1.82) is 0 Å². The molecule has 0 aromatic carbocycles. The summed E-state index contributed by atoms with van der Waals surface area (Å²) in [7, 11) is 0. The monoisotopic (exact) mass is 961 g/mol. The Bertz CT molecular complexity index is 1330. The third kappa shape index (κ3) is 55.4. The van der Waals surface area contributed by atoms with E-state index in [1.165, 1.54) is 135 Å². The van der Waals surface area contributed by atoms with Gasteiger partial charge in [0.25, 0.3) is 0 Å². The smallest absolute Gasteiger partial charge is 0.306 e. The van der Waals surface area contributed by atoms with Crippen LogP contribution in [0.25, 0.3) is 0 Å². The van der Waals surface area contributed by atoms with Crippen LogP contribution in [0.1, 0.15) is 278 Å². The van der Waals surface area contributed by atoms with Gasteiger partial charge in [-0.05, 0) is 109 Å². The predicted molar refractivity (Wildman–Crippen MR) is 297 cm³/mol. The summed E-state index contributed by atoms with van der Waals surface area (Å²) >= 11 is 0. The summed E-state index contributed by atoms with van der Waals surface area (Å²) in [5, 5.41) is 0. The summed E-state index contributed by atoms with van der Waals surface area (Å²) in [4.78, 5) is 38.2. The fourth-order valence-electron chi connectivity index (χ4n) is 8.01. The van der Waals surface area contributed by atoms with E-state index in [1.54, 1.807) is 0 Å². The maximum Gasteiger partial charge on any atom is 0.306 e. The number of hydrogen-bond donors (Lipinski definition) is 0. The molecule has 0 heterocycles. The average molecular weight is 962 g/mol. The van der Waals surface area contributed by atoms with Crippen LogP contribution in [-0.2, 0) is 28.6 Å². The predicted octanol–water partition coefficient (Wildman–Crippen LogP) is 19.5. The Morgan fingerprint density at radius 3 is 1.00 bits per heavy atom. The number of allylic oxidation sites excluding steroid dienone is 14. The Labute approximate surface area is 426 Å². The molecule has 0 N–H and O–H groups in total. The summed E-state index contributed by atoms with van der Waals surface area (Å²) in [6.45, 7) is 6.48. The molecule has 0 aromatic rings. The second kappa shape index (κ2) is 57.2. The van der Waals surface area contributed by atoms with Crippen LogP contribution in [0.5, 0.6) is 0 Å². The molecule has 0 aliphatic rings. The van der Waals surface area contributed by atoms with Gasteiger partial charge in [-0.15, -0.1) is 0 Å². The van der Waals surface area contributed by atoms with Gasteiger partial charge in [0.1, 0.15) is 13.2 Å². The van der Waals surface area contributed by atoms with E-state index in [0.717, 1.165) is 103 Å². The van der Waals surface area contributed by atoms with E-state index in [1.807, 2.05) is 0 Å². The van der Waals surface area contributed by atoms with Crippen LogP contribution in [0.15, 0.2) is 85.1 Å². The fraction of sp³-hybridized carbons (Fsp3) is 0.730. The molecule has 1 atom stereocenters. The van der Waals surface area contributed by atoms with E-state index in [0.29, 0.717) is 12.8 Å². The molecule has 69 heavy (non-hydrogen) atoms. The van der Waals surface area contributed by atoms with Gasteiger partial charge in [0.05, 0.1) is 0 Å². The molecule has 0 radical (unpaired) electrons. The van der Waals surface area contributed by atoms with Crippen molar-refractivity contribution >= 4 is 17.9 Å². The largest absolute Gasteiger partial charge is 0.462 e. The average Bonchev–Trinajstić information content (AvgIpc) is 3.35. The van der Waals surface area contributed by atoms with Crippen LogP contribution in [-0.4, -0.2) is 37.2 Å². The number of hydrogen-bond acceptors (Lipinski definition) is 6. The first-order chi connectivity index (χ1) is 34.0. The standard InChI is InChI=1S/C63H108O6/c1-4-7-10-13-16-19-22-25-28-31-32-33-36-38-41-44-47-50-53-56-62(65)68-59-60(69-63(66)57-54-51-48-45-42-39-35-30-27-24-21-18-15-12-9-6-3)58-67-61(64)55-52-49-46-43-40-37-34-29-26-23-20-17-14-11-8-5-2/h9,12,18,21,27,29-32,34,37,39-40,42,60H,4-8,10-11,13-17,19-20,22-26,28,33,35-36,38,41,43-59H2,1-3H3/b12-9-,21-18-,30-27-,32-31-,34-29-,40-37-,42-39-. The van der Waals surface area contributed by atoms with Crippen molar-refractivity contribution in [2.75, 3.05) is 13.2 Å². The molecule has 0 saturated heterocycles. The summed E-state index contributed by atoms with van der Waals surface area (Å²) in [6.07, 6.45) is 74.3. The van der Waals surface area contributed by atoms with Crippen molar-refractivity contribution in [2.45, 2.75) is 284 Å². The lowest BCUT2D eigenvalue weighted by Gasteiger charge is -2.18. The van der Waals surface area contributed by atoms with E-state index in [2.05, 4.69) is 106 Å². The molecule has 0 spiro atoms. The molecular weight excluding hydrogens is 853 g/mol. The zero-order chi connectivity index (χ0) is 50.0. The topological polar surface area (TPSA) is 78.9 Å². The SMILES string of the molecule is CC/C=C\C/C=C\C/C=C\C/C=C\CCCCCC(=O)OC(COC(=O)CCCCC/C=C\C=C/CCCCCCCCC)COC(=O)CCCCCCCCC/C=C\CCCCCCCCCC. The van der Waals surface area contributed by atoms with E-state index < -0.39 is 6.10 Å².